The van der Waals surface area contributed by atoms with Gasteiger partial charge < -0.3 is 19.3 Å². The van der Waals surface area contributed by atoms with E-state index in [0.717, 1.165) is 21.3 Å². The monoisotopic (exact) mass is 725 g/mol. The summed E-state index contributed by atoms with van der Waals surface area (Å²) in [5.74, 6) is 1.33. The Labute approximate surface area is 286 Å². The second-order valence-electron chi connectivity index (χ2n) is 10.7. The van der Waals surface area contributed by atoms with E-state index < -0.39 is 11.6 Å². The van der Waals surface area contributed by atoms with Crippen LogP contribution >= 0.6 is 39.1 Å². The first kappa shape index (κ1) is 33.8. The number of aliphatic hydroxyl groups is 1. The highest BCUT2D eigenvalue weighted by molar-refractivity contribution is 9.10. The summed E-state index contributed by atoms with van der Waals surface area (Å²) in [6.07, 6.45) is 0.527. The van der Waals surface area contributed by atoms with E-state index in [0.29, 0.717) is 58.8 Å². The van der Waals surface area contributed by atoms with Crippen molar-refractivity contribution in [3.8, 4) is 11.5 Å². The number of benzene rings is 4. The molecule has 1 amide bonds. The summed E-state index contributed by atoms with van der Waals surface area (Å²) < 4.78 is 18.5. The normalized spacial score (nSPS) is 17.2. The molecule has 4 aromatic rings. The highest BCUT2D eigenvalue weighted by Gasteiger charge is 2.54. The van der Waals surface area contributed by atoms with Gasteiger partial charge in [0.15, 0.2) is 11.6 Å². The van der Waals surface area contributed by atoms with E-state index in [2.05, 4.69) is 26.8 Å². The lowest BCUT2D eigenvalue weighted by atomic mass is 9.82. The van der Waals surface area contributed by atoms with Gasteiger partial charge >= 0.3 is 0 Å². The number of aliphatic imine (C=N–C) groups is 1. The SMILES string of the molecule is COc1cccc(CCNNC(=O)[C@@]2(Cc3ccc(Br)cc3)N=C(c3ccc(OCCCO)cc3)O[C@H]2c2ccc(Cl)cc2Cl)c1. The summed E-state index contributed by atoms with van der Waals surface area (Å²) in [6, 6.07) is 27.9. The molecular formula is C35H34BrCl2N3O5. The number of amides is 1. The third kappa shape index (κ3) is 8.21. The van der Waals surface area contributed by atoms with Crippen LogP contribution in [0.2, 0.25) is 10.0 Å². The van der Waals surface area contributed by atoms with Crippen molar-refractivity contribution in [2.75, 3.05) is 26.9 Å². The molecule has 0 fully saturated rings. The first-order chi connectivity index (χ1) is 22.3. The van der Waals surface area contributed by atoms with E-state index >= 15 is 0 Å². The Morgan fingerprint density at radius 2 is 1.78 bits per heavy atom. The van der Waals surface area contributed by atoms with Gasteiger partial charge in [-0.1, -0.05) is 69.5 Å². The maximum absolute atomic E-state index is 14.4. The van der Waals surface area contributed by atoms with Crippen molar-refractivity contribution < 1.29 is 24.1 Å². The van der Waals surface area contributed by atoms with E-state index in [4.69, 9.17) is 47.5 Å². The van der Waals surface area contributed by atoms with Crippen molar-refractivity contribution >= 4 is 50.9 Å². The largest absolute Gasteiger partial charge is 0.497 e. The predicted octanol–water partition coefficient (Wildman–Crippen LogP) is 6.89. The van der Waals surface area contributed by atoms with Gasteiger partial charge in [-0.15, -0.1) is 0 Å². The van der Waals surface area contributed by atoms with Crippen molar-refractivity contribution in [1.29, 1.82) is 0 Å². The molecule has 0 spiro atoms. The number of hydrazine groups is 1. The summed E-state index contributed by atoms with van der Waals surface area (Å²) in [6.45, 7) is 0.913. The molecule has 3 N–H and O–H groups in total. The van der Waals surface area contributed by atoms with E-state index in [-0.39, 0.29) is 18.9 Å². The van der Waals surface area contributed by atoms with Gasteiger partial charge in [0.2, 0.25) is 5.90 Å². The van der Waals surface area contributed by atoms with Gasteiger partial charge in [-0.05, 0) is 78.2 Å². The molecule has 46 heavy (non-hydrogen) atoms. The Bertz CT molecular complexity index is 1670. The Morgan fingerprint density at radius 3 is 2.50 bits per heavy atom. The average molecular weight is 727 g/mol. The van der Waals surface area contributed by atoms with Gasteiger partial charge in [-0.3, -0.25) is 10.2 Å². The Balaban J connectivity index is 1.48. The first-order valence-electron chi connectivity index (χ1n) is 14.8. The molecule has 1 aliphatic rings. The molecule has 0 bridgehead atoms. The summed E-state index contributed by atoms with van der Waals surface area (Å²) in [5, 5.41) is 9.89. The lowest BCUT2D eigenvalue weighted by Gasteiger charge is -2.31. The van der Waals surface area contributed by atoms with E-state index in [1.807, 2.05) is 60.7 Å². The zero-order valence-corrected chi connectivity index (χ0v) is 28.2. The Hall–Kier alpha value is -3.60. The van der Waals surface area contributed by atoms with Gasteiger partial charge in [0.25, 0.3) is 5.91 Å². The number of nitrogens with zero attached hydrogens (tertiary/aromatic N) is 1. The van der Waals surface area contributed by atoms with Crippen LogP contribution in [0.3, 0.4) is 0 Å². The molecular weight excluding hydrogens is 693 g/mol. The summed E-state index contributed by atoms with van der Waals surface area (Å²) in [7, 11) is 1.63. The molecule has 2 atom stereocenters. The van der Waals surface area contributed by atoms with Crippen LogP contribution in [0.5, 0.6) is 11.5 Å². The fraction of sp³-hybridized carbons (Fsp3) is 0.257. The molecule has 11 heteroatoms. The number of ether oxygens (including phenoxy) is 3. The topological polar surface area (TPSA) is 101 Å². The maximum atomic E-state index is 14.4. The summed E-state index contributed by atoms with van der Waals surface area (Å²) >= 11 is 16.5. The maximum Gasteiger partial charge on any atom is 0.266 e. The molecule has 0 aromatic heterocycles. The number of aliphatic hydroxyl groups excluding tert-OH is 1. The second-order valence-corrected chi connectivity index (χ2v) is 12.5. The number of carbonyl (C=O) groups is 1. The zero-order chi connectivity index (χ0) is 32.5. The summed E-state index contributed by atoms with van der Waals surface area (Å²) in [4.78, 5) is 19.4. The van der Waals surface area contributed by atoms with Gasteiger partial charge in [-0.2, -0.15) is 0 Å². The quantitative estimate of drug-likeness (QED) is 0.0967. The van der Waals surface area contributed by atoms with Crippen molar-refractivity contribution in [1.82, 2.24) is 10.9 Å². The predicted molar refractivity (Wildman–Crippen MR) is 184 cm³/mol. The van der Waals surface area contributed by atoms with Gasteiger partial charge in [0.05, 0.1) is 13.7 Å². The second kappa shape index (κ2) is 15.8. The van der Waals surface area contributed by atoms with Gasteiger partial charge in [0.1, 0.15) is 11.5 Å². The van der Waals surface area contributed by atoms with Crippen molar-refractivity contribution in [2.45, 2.75) is 30.9 Å². The highest BCUT2D eigenvalue weighted by Crippen LogP contribution is 2.45. The van der Waals surface area contributed by atoms with Crippen LogP contribution in [-0.2, 0) is 22.4 Å². The van der Waals surface area contributed by atoms with Crippen LogP contribution in [-0.4, -0.2) is 49.3 Å². The lowest BCUT2D eigenvalue weighted by Crippen LogP contribution is -2.54. The van der Waals surface area contributed by atoms with Crippen molar-refractivity contribution in [2.24, 2.45) is 4.99 Å². The molecule has 0 unspecified atom stereocenters. The minimum atomic E-state index is -1.44. The number of nitrogens with one attached hydrogen (secondary N) is 2. The van der Waals surface area contributed by atoms with E-state index in [1.54, 1.807) is 37.4 Å². The molecule has 1 heterocycles. The van der Waals surface area contributed by atoms with Gasteiger partial charge in [0, 0.05) is 51.6 Å². The molecule has 240 valence electrons. The minimum absolute atomic E-state index is 0.0513. The number of hydrogen-bond donors (Lipinski definition) is 3. The standard InChI is InChI=1S/C35H34BrCl2N3O5/c1-44-29-5-2-4-23(20-29)16-17-39-41-34(43)35(22-24-6-10-26(36)11-7-24)32(30-15-12-27(37)21-31(30)38)46-33(40-35)25-8-13-28(14-9-25)45-19-3-18-42/h2,4-15,20-21,32,39,42H,3,16-19,22H2,1H3,(H,41,43)/t32-,35-/m0/s1. The molecule has 8 nitrogen and oxygen atoms in total. The Kier molecular flexibility index (Phi) is 11.6. The van der Waals surface area contributed by atoms with Gasteiger partial charge in [-0.25, -0.2) is 10.4 Å². The van der Waals surface area contributed by atoms with Crippen LogP contribution in [0.4, 0.5) is 0 Å². The number of rotatable bonds is 14. The molecule has 0 radical (unpaired) electrons. The minimum Gasteiger partial charge on any atom is -0.497 e. The molecule has 1 aliphatic heterocycles. The molecule has 0 saturated heterocycles. The average Bonchev–Trinajstić information content (AvgIpc) is 3.44. The van der Waals surface area contributed by atoms with Crippen LogP contribution in [0.25, 0.3) is 0 Å². The van der Waals surface area contributed by atoms with Crippen LogP contribution in [0.15, 0.2) is 100 Å². The highest BCUT2D eigenvalue weighted by atomic mass is 79.9. The molecule has 0 saturated carbocycles. The number of hydrogen-bond acceptors (Lipinski definition) is 7. The third-order valence-electron chi connectivity index (χ3n) is 7.54. The zero-order valence-electron chi connectivity index (χ0n) is 25.1. The smallest absolute Gasteiger partial charge is 0.266 e. The van der Waals surface area contributed by atoms with Crippen LogP contribution in [0.1, 0.15) is 34.8 Å². The molecule has 5 rings (SSSR count). The first-order valence-corrected chi connectivity index (χ1v) is 16.3. The number of carbonyl (C=O) groups excluding carboxylic acids is 1. The van der Waals surface area contributed by atoms with E-state index in [1.165, 1.54) is 0 Å². The van der Waals surface area contributed by atoms with Crippen molar-refractivity contribution in [3.63, 3.8) is 0 Å². The number of halogens is 3. The molecule has 4 aromatic carbocycles. The number of methoxy groups -OCH3 is 1. The van der Waals surface area contributed by atoms with Crippen molar-refractivity contribution in [3.05, 3.63) is 128 Å². The fourth-order valence-corrected chi connectivity index (χ4v) is 5.94. The molecule has 0 aliphatic carbocycles. The third-order valence-corrected chi connectivity index (χ3v) is 8.63. The fourth-order valence-electron chi connectivity index (χ4n) is 5.17. The van der Waals surface area contributed by atoms with E-state index in [9.17, 15) is 4.79 Å². The van der Waals surface area contributed by atoms with Crippen LogP contribution < -0.4 is 20.3 Å². The lowest BCUT2D eigenvalue weighted by molar-refractivity contribution is -0.130. The van der Waals surface area contributed by atoms with Crippen LogP contribution in [0, 0.1) is 0 Å². The summed E-state index contributed by atoms with van der Waals surface area (Å²) in [5.41, 5.74) is 7.74. The Morgan fingerprint density at radius 1 is 1.00 bits per heavy atom.